The van der Waals surface area contributed by atoms with Crippen LogP contribution in [0.5, 0.6) is 5.75 Å². The molecule has 2 rings (SSSR count). The molecule has 3 N–H and O–H groups in total. The standard InChI is InChI=1S/C12H17NO2/c13-12-3-1-2-9-8-10(15-7-6-14)4-5-11(9)12/h4-5,8,12,14H,1-3,6-7,13H2. The summed E-state index contributed by atoms with van der Waals surface area (Å²) in [6.45, 7) is 0.404. The van der Waals surface area contributed by atoms with Crippen molar-refractivity contribution in [3.05, 3.63) is 29.3 Å². The third-order valence-electron chi connectivity index (χ3n) is 2.84. The molecule has 3 heteroatoms. The van der Waals surface area contributed by atoms with Crippen LogP contribution in [0.4, 0.5) is 0 Å². The molecule has 0 spiro atoms. The van der Waals surface area contributed by atoms with Crippen LogP contribution in [-0.4, -0.2) is 18.3 Å². The van der Waals surface area contributed by atoms with Gasteiger partial charge < -0.3 is 15.6 Å². The molecule has 1 aromatic rings. The van der Waals surface area contributed by atoms with E-state index in [1.165, 1.54) is 11.1 Å². The van der Waals surface area contributed by atoms with Gasteiger partial charge in [-0.1, -0.05) is 6.07 Å². The predicted molar refractivity (Wildman–Crippen MR) is 58.9 cm³/mol. The van der Waals surface area contributed by atoms with Gasteiger partial charge in [0.2, 0.25) is 0 Å². The summed E-state index contributed by atoms with van der Waals surface area (Å²) >= 11 is 0. The molecule has 0 saturated carbocycles. The van der Waals surface area contributed by atoms with Crippen LogP contribution in [0.2, 0.25) is 0 Å². The Labute approximate surface area is 89.9 Å². The molecule has 0 bridgehead atoms. The zero-order valence-electron chi connectivity index (χ0n) is 8.78. The van der Waals surface area contributed by atoms with Crippen LogP contribution in [0.3, 0.4) is 0 Å². The average molecular weight is 207 g/mol. The van der Waals surface area contributed by atoms with Gasteiger partial charge in [0.25, 0.3) is 0 Å². The fourth-order valence-corrected chi connectivity index (χ4v) is 2.08. The van der Waals surface area contributed by atoms with Gasteiger partial charge in [-0.3, -0.25) is 0 Å². The number of ether oxygens (including phenoxy) is 1. The van der Waals surface area contributed by atoms with Crippen molar-refractivity contribution in [2.75, 3.05) is 13.2 Å². The molecule has 1 atom stereocenters. The number of hydrogen-bond acceptors (Lipinski definition) is 3. The highest BCUT2D eigenvalue weighted by molar-refractivity contribution is 5.38. The summed E-state index contributed by atoms with van der Waals surface area (Å²) in [4.78, 5) is 0. The summed E-state index contributed by atoms with van der Waals surface area (Å²) in [6.07, 6.45) is 3.31. The monoisotopic (exact) mass is 207 g/mol. The van der Waals surface area contributed by atoms with Gasteiger partial charge in [-0.2, -0.15) is 0 Å². The quantitative estimate of drug-likeness (QED) is 0.787. The van der Waals surface area contributed by atoms with Gasteiger partial charge in [0, 0.05) is 6.04 Å². The topological polar surface area (TPSA) is 55.5 Å². The maximum absolute atomic E-state index is 8.66. The van der Waals surface area contributed by atoms with Gasteiger partial charge in [-0.15, -0.1) is 0 Å². The van der Waals surface area contributed by atoms with Crippen LogP contribution in [0.25, 0.3) is 0 Å². The van der Waals surface area contributed by atoms with Crippen molar-refractivity contribution >= 4 is 0 Å². The van der Waals surface area contributed by atoms with Crippen LogP contribution in [0.15, 0.2) is 18.2 Å². The van der Waals surface area contributed by atoms with E-state index in [2.05, 4.69) is 0 Å². The van der Waals surface area contributed by atoms with Crippen molar-refractivity contribution in [2.24, 2.45) is 5.73 Å². The van der Waals surface area contributed by atoms with Crippen LogP contribution < -0.4 is 10.5 Å². The van der Waals surface area contributed by atoms with Crippen molar-refractivity contribution in [2.45, 2.75) is 25.3 Å². The van der Waals surface area contributed by atoms with E-state index in [4.69, 9.17) is 15.6 Å². The van der Waals surface area contributed by atoms with Crippen molar-refractivity contribution in [3.63, 3.8) is 0 Å². The molecular formula is C12H17NO2. The fraction of sp³-hybridized carbons (Fsp3) is 0.500. The second-order valence-electron chi connectivity index (χ2n) is 3.93. The SMILES string of the molecule is NC1CCCc2cc(OCCO)ccc21. The molecule has 0 fully saturated rings. The zero-order valence-corrected chi connectivity index (χ0v) is 8.78. The van der Waals surface area contributed by atoms with Gasteiger partial charge in [-0.25, -0.2) is 0 Å². The first-order valence-electron chi connectivity index (χ1n) is 5.43. The molecule has 0 saturated heterocycles. The van der Waals surface area contributed by atoms with Crippen LogP contribution in [0, 0.1) is 0 Å². The first-order chi connectivity index (χ1) is 7.31. The molecule has 0 heterocycles. The molecule has 0 aromatic heterocycles. The Morgan fingerprint density at radius 2 is 2.33 bits per heavy atom. The number of aliphatic hydroxyl groups excluding tert-OH is 1. The van der Waals surface area contributed by atoms with Crippen molar-refractivity contribution in [1.82, 2.24) is 0 Å². The molecule has 15 heavy (non-hydrogen) atoms. The van der Waals surface area contributed by atoms with E-state index in [1.54, 1.807) is 0 Å². The molecule has 1 aliphatic rings. The Kier molecular flexibility index (Phi) is 3.23. The van der Waals surface area contributed by atoms with Crippen LogP contribution in [-0.2, 0) is 6.42 Å². The Bertz CT molecular complexity index is 338. The molecule has 0 amide bonds. The number of aryl methyl sites for hydroxylation is 1. The van der Waals surface area contributed by atoms with E-state index in [9.17, 15) is 0 Å². The van der Waals surface area contributed by atoms with Gasteiger partial charge in [0.05, 0.1) is 6.61 Å². The third kappa shape index (κ3) is 2.30. The number of nitrogens with two attached hydrogens (primary N) is 1. The number of hydrogen-bond donors (Lipinski definition) is 2. The second-order valence-corrected chi connectivity index (χ2v) is 3.93. The lowest BCUT2D eigenvalue weighted by Crippen LogP contribution is -2.17. The minimum Gasteiger partial charge on any atom is -0.491 e. The van der Waals surface area contributed by atoms with Gasteiger partial charge in [-0.05, 0) is 42.5 Å². The summed E-state index contributed by atoms with van der Waals surface area (Å²) in [6, 6.07) is 6.20. The molecule has 82 valence electrons. The van der Waals surface area contributed by atoms with E-state index in [0.717, 1.165) is 25.0 Å². The largest absolute Gasteiger partial charge is 0.491 e. The summed E-state index contributed by atoms with van der Waals surface area (Å²) in [5, 5.41) is 8.66. The lowest BCUT2D eigenvalue weighted by molar-refractivity contribution is 0.201. The molecule has 1 unspecified atom stereocenters. The fourth-order valence-electron chi connectivity index (χ4n) is 2.08. The lowest BCUT2D eigenvalue weighted by Gasteiger charge is -2.22. The lowest BCUT2D eigenvalue weighted by atomic mass is 9.88. The molecule has 0 radical (unpaired) electrons. The highest BCUT2D eigenvalue weighted by Gasteiger charge is 2.16. The van der Waals surface area contributed by atoms with E-state index in [0.29, 0.717) is 6.61 Å². The Hall–Kier alpha value is -1.06. The Morgan fingerprint density at radius 1 is 1.47 bits per heavy atom. The van der Waals surface area contributed by atoms with E-state index in [1.807, 2.05) is 18.2 Å². The average Bonchev–Trinajstić information content (AvgIpc) is 2.26. The third-order valence-corrected chi connectivity index (χ3v) is 2.84. The molecule has 3 nitrogen and oxygen atoms in total. The minimum absolute atomic E-state index is 0.0522. The van der Waals surface area contributed by atoms with E-state index in [-0.39, 0.29) is 12.6 Å². The Morgan fingerprint density at radius 3 is 3.13 bits per heavy atom. The molecular weight excluding hydrogens is 190 g/mol. The number of benzene rings is 1. The predicted octanol–water partition coefficient (Wildman–Crippen LogP) is 1.39. The minimum atomic E-state index is 0.0522. The first kappa shape index (κ1) is 10.5. The van der Waals surface area contributed by atoms with Crippen molar-refractivity contribution in [3.8, 4) is 5.75 Å². The zero-order chi connectivity index (χ0) is 10.7. The van der Waals surface area contributed by atoms with Crippen molar-refractivity contribution in [1.29, 1.82) is 0 Å². The number of rotatable bonds is 3. The van der Waals surface area contributed by atoms with Gasteiger partial charge >= 0.3 is 0 Å². The molecule has 1 aliphatic carbocycles. The number of fused-ring (bicyclic) bond motifs is 1. The first-order valence-corrected chi connectivity index (χ1v) is 5.43. The maximum Gasteiger partial charge on any atom is 0.119 e. The highest BCUT2D eigenvalue weighted by atomic mass is 16.5. The maximum atomic E-state index is 8.66. The summed E-state index contributed by atoms with van der Waals surface area (Å²) < 4.78 is 5.37. The van der Waals surface area contributed by atoms with Gasteiger partial charge in [0.15, 0.2) is 0 Å². The van der Waals surface area contributed by atoms with E-state index < -0.39 is 0 Å². The second kappa shape index (κ2) is 4.64. The highest BCUT2D eigenvalue weighted by Crippen LogP contribution is 2.30. The number of aliphatic hydroxyl groups is 1. The molecule has 1 aromatic carbocycles. The van der Waals surface area contributed by atoms with Crippen LogP contribution >= 0.6 is 0 Å². The summed E-state index contributed by atoms with van der Waals surface area (Å²) in [5.41, 5.74) is 8.56. The summed E-state index contributed by atoms with van der Waals surface area (Å²) in [7, 11) is 0. The van der Waals surface area contributed by atoms with Gasteiger partial charge in [0.1, 0.15) is 12.4 Å². The smallest absolute Gasteiger partial charge is 0.119 e. The summed E-state index contributed by atoms with van der Waals surface area (Å²) in [5.74, 6) is 0.830. The normalized spacial score (nSPS) is 19.7. The molecule has 0 aliphatic heterocycles. The van der Waals surface area contributed by atoms with E-state index >= 15 is 0 Å². The van der Waals surface area contributed by atoms with Crippen molar-refractivity contribution < 1.29 is 9.84 Å². The Balaban J connectivity index is 2.18. The van der Waals surface area contributed by atoms with Crippen LogP contribution in [0.1, 0.15) is 30.0 Å².